The van der Waals surface area contributed by atoms with Crippen molar-refractivity contribution in [2.75, 3.05) is 29.9 Å². The van der Waals surface area contributed by atoms with Gasteiger partial charge in [-0.25, -0.2) is 13.8 Å². The smallest absolute Gasteiger partial charge is 0.264 e. The van der Waals surface area contributed by atoms with Gasteiger partial charge in [0.1, 0.15) is 18.0 Å². The maximum Gasteiger partial charge on any atom is 0.264 e. The van der Waals surface area contributed by atoms with Gasteiger partial charge in [0.25, 0.3) is 21.8 Å². The number of aryl methyl sites for hydroxylation is 2. The second kappa shape index (κ2) is 14.1. The molecule has 0 spiro atoms. The lowest BCUT2D eigenvalue weighted by atomic mass is 10.2. The molecule has 0 aromatic heterocycles. The lowest BCUT2D eigenvalue weighted by molar-refractivity contribution is -0.119. The molecule has 0 aliphatic heterocycles. The number of hydrogen-bond donors (Lipinski definition) is 2. The number of ether oxygens (including phenoxy) is 2. The van der Waals surface area contributed by atoms with Gasteiger partial charge >= 0.3 is 0 Å². The molecular formula is C32H32N4O6S. The van der Waals surface area contributed by atoms with Crippen LogP contribution in [0.25, 0.3) is 0 Å². The van der Waals surface area contributed by atoms with Crippen LogP contribution in [0.15, 0.2) is 107 Å². The topological polar surface area (TPSA) is 126 Å². The Hall–Kier alpha value is -5.16. The van der Waals surface area contributed by atoms with Crippen LogP contribution in [0.4, 0.5) is 11.4 Å². The van der Waals surface area contributed by atoms with E-state index in [2.05, 4.69) is 15.8 Å². The lowest BCUT2D eigenvalue weighted by Crippen LogP contribution is -2.39. The quantitative estimate of drug-likeness (QED) is 0.180. The molecule has 11 heteroatoms. The monoisotopic (exact) mass is 600 g/mol. The number of amides is 2. The molecular weight excluding hydrogens is 568 g/mol. The summed E-state index contributed by atoms with van der Waals surface area (Å²) < 4.78 is 39.1. The van der Waals surface area contributed by atoms with Crippen LogP contribution in [0.3, 0.4) is 0 Å². The van der Waals surface area contributed by atoms with E-state index in [9.17, 15) is 18.0 Å². The van der Waals surface area contributed by atoms with E-state index in [0.29, 0.717) is 22.7 Å². The first-order valence-corrected chi connectivity index (χ1v) is 14.7. The van der Waals surface area contributed by atoms with Gasteiger partial charge in [-0.05, 0) is 80.1 Å². The molecule has 0 fully saturated rings. The molecule has 2 amide bonds. The Morgan fingerprint density at radius 3 is 2.12 bits per heavy atom. The number of para-hydroxylation sites is 2. The first kappa shape index (κ1) is 30.8. The number of anilines is 2. The number of sulfonamides is 1. The molecule has 222 valence electrons. The van der Waals surface area contributed by atoms with Crippen molar-refractivity contribution in [3.63, 3.8) is 0 Å². The first-order chi connectivity index (χ1) is 20.7. The molecule has 0 saturated heterocycles. The number of hydrogen-bond acceptors (Lipinski definition) is 7. The van der Waals surface area contributed by atoms with Gasteiger partial charge in [-0.3, -0.25) is 13.9 Å². The molecule has 0 unspecified atom stereocenters. The molecule has 10 nitrogen and oxygen atoms in total. The van der Waals surface area contributed by atoms with Crippen molar-refractivity contribution in [1.29, 1.82) is 0 Å². The number of benzene rings is 4. The number of nitrogens with one attached hydrogen (secondary N) is 2. The fourth-order valence-electron chi connectivity index (χ4n) is 3.95. The van der Waals surface area contributed by atoms with E-state index >= 15 is 0 Å². The zero-order valence-corrected chi connectivity index (χ0v) is 24.8. The second-order valence-electron chi connectivity index (χ2n) is 9.56. The van der Waals surface area contributed by atoms with Crippen molar-refractivity contribution in [2.24, 2.45) is 5.10 Å². The normalized spacial score (nSPS) is 11.1. The molecule has 4 aromatic rings. The third kappa shape index (κ3) is 8.43. The summed E-state index contributed by atoms with van der Waals surface area (Å²) in [5.74, 6) is -0.167. The van der Waals surface area contributed by atoms with E-state index in [0.717, 1.165) is 15.4 Å². The molecule has 0 saturated carbocycles. The Morgan fingerprint density at radius 1 is 0.837 bits per heavy atom. The molecule has 0 atom stereocenters. The van der Waals surface area contributed by atoms with Crippen molar-refractivity contribution < 1.29 is 27.5 Å². The molecule has 4 aromatic carbocycles. The van der Waals surface area contributed by atoms with E-state index in [4.69, 9.17) is 9.47 Å². The maximum absolute atomic E-state index is 13.6. The number of nitrogens with zero attached hydrogens (tertiary/aromatic N) is 2. The minimum absolute atomic E-state index is 0.0373. The van der Waals surface area contributed by atoms with Crippen LogP contribution in [0, 0.1) is 13.8 Å². The first-order valence-electron chi connectivity index (χ1n) is 13.3. The van der Waals surface area contributed by atoms with Gasteiger partial charge < -0.3 is 14.8 Å². The average Bonchev–Trinajstić information content (AvgIpc) is 3.01. The second-order valence-corrected chi connectivity index (χ2v) is 11.4. The van der Waals surface area contributed by atoms with Crippen LogP contribution in [0.5, 0.6) is 11.5 Å². The third-order valence-electron chi connectivity index (χ3n) is 6.24. The zero-order chi connectivity index (χ0) is 30.8. The van der Waals surface area contributed by atoms with Gasteiger partial charge in [-0.2, -0.15) is 5.10 Å². The van der Waals surface area contributed by atoms with Gasteiger partial charge in [0, 0.05) is 5.69 Å². The van der Waals surface area contributed by atoms with Crippen molar-refractivity contribution in [1.82, 2.24) is 5.43 Å². The largest absolute Gasteiger partial charge is 0.495 e. The van der Waals surface area contributed by atoms with E-state index in [-0.39, 0.29) is 23.1 Å². The van der Waals surface area contributed by atoms with E-state index in [1.807, 2.05) is 38.1 Å². The summed E-state index contributed by atoms with van der Waals surface area (Å²) in [5, 5.41) is 6.74. The molecule has 0 aliphatic rings. The fraction of sp³-hybridized carbons (Fsp3) is 0.156. The minimum atomic E-state index is -4.11. The number of carbonyl (C=O) groups is 2. The van der Waals surface area contributed by atoms with Crippen LogP contribution < -0.4 is 24.5 Å². The van der Waals surface area contributed by atoms with E-state index < -0.39 is 22.5 Å². The number of rotatable bonds is 12. The predicted molar refractivity (Wildman–Crippen MR) is 166 cm³/mol. The van der Waals surface area contributed by atoms with Crippen LogP contribution in [0.2, 0.25) is 0 Å². The predicted octanol–water partition coefficient (Wildman–Crippen LogP) is 4.68. The molecule has 0 radical (unpaired) electrons. The van der Waals surface area contributed by atoms with Gasteiger partial charge in [-0.1, -0.05) is 47.5 Å². The summed E-state index contributed by atoms with van der Waals surface area (Å²) >= 11 is 0. The molecule has 4 rings (SSSR count). The van der Waals surface area contributed by atoms with Crippen molar-refractivity contribution >= 4 is 39.4 Å². The van der Waals surface area contributed by atoms with Gasteiger partial charge in [0.15, 0.2) is 6.61 Å². The standard InChI is InChI=1S/C32H32N4O6S/c1-23-8-14-26(15-9-23)34-32(38)22-42-27-16-12-25(13-17-27)20-33-35-31(37)21-36(29-6-4-5-7-30(29)41-3)43(39,40)28-18-10-24(2)11-19-28/h4-20H,21-22H2,1-3H3,(H,34,38)(H,35,37)/b33-20-. The summed E-state index contributed by atoms with van der Waals surface area (Å²) in [6, 6.07) is 27.1. The Balaban J connectivity index is 1.37. The number of carbonyl (C=O) groups excluding carboxylic acids is 2. The molecule has 2 N–H and O–H groups in total. The maximum atomic E-state index is 13.6. The Labute approximate surface area is 251 Å². The van der Waals surface area contributed by atoms with Crippen LogP contribution in [-0.4, -0.2) is 46.7 Å². The lowest BCUT2D eigenvalue weighted by Gasteiger charge is -2.25. The Bertz CT molecular complexity index is 1690. The van der Waals surface area contributed by atoms with Gasteiger partial charge in [0.05, 0.1) is 23.9 Å². The fourth-order valence-corrected chi connectivity index (χ4v) is 5.38. The van der Waals surface area contributed by atoms with Crippen LogP contribution >= 0.6 is 0 Å². The molecule has 0 bridgehead atoms. The van der Waals surface area contributed by atoms with Crippen molar-refractivity contribution in [3.8, 4) is 11.5 Å². The Kier molecular flexibility index (Phi) is 10.1. The molecule has 0 heterocycles. The summed E-state index contributed by atoms with van der Waals surface area (Å²) in [6.45, 7) is 3.12. The summed E-state index contributed by atoms with van der Waals surface area (Å²) in [7, 11) is -2.69. The summed E-state index contributed by atoms with van der Waals surface area (Å²) in [5.41, 5.74) is 5.93. The van der Waals surface area contributed by atoms with Crippen molar-refractivity contribution in [2.45, 2.75) is 18.7 Å². The highest BCUT2D eigenvalue weighted by Gasteiger charge is 2.29. The van der Waals surface area contributed by atoms with Crippen LogP contribution in [0.1, 0.15) is 16.7 Å². The number of methoxy groups -OCH3 is 1. The van der Waals surface area contributed by atoms with Crippen LogP contribution in [-0.2, 0) is 19.6 Å². The Morgan fingerprint density at radius 2 is 1.47 bits per heavy atom. The highest BCUT2D eigenvalue weighted by Crippen LogP contribution is 2.32. The van der Waals surface area contributed by atoms with E-state index in [1.165, 1.54) is 25.5 Å². The SMILES string of the molecule is COc1ccccc1N(CC(=O)N/N=C\c1ccc(OCC(=O)Nc2ccc(C)cc2)cc1)S(=O)(=O)c1ccc(C)cc1. The highest BCUT2D eigenvalue weighted by atomic mass is 32.2. The zero-order valence-electron chi connectivity index (χ0n) is 24.0. The molecule has 0 aliphatic carbocycles. The van der Waals surface area contributed by atoms with Gasteiger partial charge in [0.2, 0.25) is 0 Å². The van der Waals surface area contributed by atoms with Crippen molar-refractivity contribution in [3.05, 3.63) is 114 Å². The minimum Gasteiger partial charge on any atom is -0.495 e. The highest BCUT2D eigenvalue weighted by molar-refractivity contribution is 7.92. The average molecular weight is 601 g/mol. The number of hydrazone groups is 1. The third-order valence-corrected chi connectivity index (χ3v) is 8.01. The summed E-state index contributed by atoms with van der Waals surface area (Å²) in [4.78, 5) is 25.1. The van der Waals surface area contributed by atoms with E-state index in [1.54, 1.807) is 60.7 Å². The summed E-state index contributed by atoms with van der Waals surface area (Å²) in [6.07, 6.45) is 1.41. The van der Waals surface area contributed by atoms with Gasteiger partial charge in [-0.15, -0.1) is 0 Å². The molecule has 43 heavy (non-hydrogen) atoms.